The van der Waals surface area contributed by atoms with Gasteiger partial charge in [-0.3, -0.25) is 4.18 Å². The average Bonchev–Trinajstić information content (AvgIpc) is 1.98. The molecule has 3 nitrogen and oxygen atoms in total. The van der Waals surface area contributed by atoms with Crippen LogP contribution in [0, 0.1) is 5.92 Å². The summed E-state index contributed by atoms with van der Waals surface area (Å²) >= 11 is 0. The van der Waals surface area contributed by atoms with E-state index in [4.69, 9.17) is 4.18 Å². The molecule has 0 amide bonds. The molecular formula is C8H18O3S. The van der Waals surface area contributed by atoms with Crippen LogP contribution in [-0.2, 0) is 14.3 Å². The van der Waals surface area contributed by atoms with Gasteiger partial charge in [0.1, 0.15) is 0 Å². The molecule has 0 saturated heterocycles. The van der Waals surface area contributed by atoms with Crippen molar-refractivity contribution in [1.82, 2.24) is 0 Å². The Morgan fingerprint density at radius 2 is 1.92 bits per heavy atom. The van der Waals surface area contributed by atoms with E-state index in [1.165, 1.54) is 0 Å². The first-order valence-corrected chi connectivity index (χ1v) is 5.92. The van der Waals surface area contributed by atoms with Crippen LogP contribution in [0.1, 0.15) is 33.6 Å². The minimum Gasteiger partial charge on any atom is -0.270 e. The van der Waals surface area contributed by atoms with Gasteiger partial charge in [0, 0.05) is 0 Å². The van der Waals surface area contributed by atoms with E-state index >= 15 is 0 Å². The second-order valence-corrected chi connectivity index (χ2v) is 5.05. The van der Waals surface area contributed by atoms with Gasteiger partial charge in [-0.15, -0.1) is 0 Å². The molecule has 0 fully saturated rings. The molecule has 0 aliphatic carbocycles. The molecule has 0 N–H and O–H groups in total. The molecule has 0 bridgehead atoms. The van der Waals surface area contributed by atoms with Gasteiger partial charge in [-0.05, 0) is 12.3 Å². The first-order chi connectivity index (χ1) is 5.48. The molecule has 0 rings (SSSR count). The summed E-state index contributed by atoms with van der Waals surface area (Å²) in [6, 6.07) is 0. The Balaban J connectivity index is 3.73. The van der Waals surface area contributed by atoms with Gasteiger partial charge in [-0.1, -0.05) is 27.2 Å². The average molecular weight is 194 g/mol. The summed E-state index contributed by atoms with van der Waals surface area (Å²) < 4.78 is 26.9. The van der Waals surface area contributed by atoms with Crippen LogP contribution < -0.4 is 0 Å². The van der Waals surface area contributed by atoms with Crippen molar-refractivity contribution in [2.75, 3.05) is 12.4 Å². The third kappa shape index (κ3) is 6.61. The molecule has 0 unspecified atom stereocenters. The van der Waals surface area contributed by atoms with Crippen LogP contribution in [0.2, 0.25) is 0 Å². The van der Waals surface area contributed by atoms with Crippen molar-refractivity contribution in [2.45, 2.75) is 33.6 Å². The quantitative estimate of drug-likeness (QED) is 0.605. The molecule has 0 saturated carbocycles. The topological polar surface area (TPSA) is 43.4 Å². The molecule has 0 heterocycles. The summed E-state index contributed by atoms with van der Waals surface area (Å²) in [6.07, 6.45) is 1.56. The van der Waals surface area contributed by atoms with Gasteiger partial charge >= 0.3 is 0 Å². The predicted molar refractivity (Wildman–Crippen MR) is 49.5 cm³/mol. The van der Waals surface area contributed by atoms with Crippen molar-refractivity contribution in [2.24, 2.45) is 5.92 Å². The molecule has 0 atom stereocenters. The van der Waals surface area contributed by atoms with Crippen molar-refractivity contribution in [3.8, 4) is 0 Å². The molecule has 0 aliphatic heterocycles. The molecular weight excluding hydrogens is 176 g/mol. The summed E-state index contributed by atoms with van der Waals surface area (Å²) in [4.78, 5) is 0. The van der Waals surface area contributed by atoms with Gasteiger partial charge in [0.25, 0.3) is 10.1 Å². The third-order valence-corrected chi connectivity index (χ3v) is 2.61. The van der Waals surface area contributed by atoms with Crippen LogP contribution in [-0.4, -0.2) is 20.8 Å². The highest BCUT2D eigenvalue weighted by atomic mass is 32.2. The smallest absolute Gasteiger partial charge is 0.267 e. The molecule has 0 aromatic carbocycles. The number of rotatable bonds is 6. The predicted octanol–water partition coefficient (Wildman–Crippen LogP) is 1.79. The number of hydrogen-bond acceptors (Lipinski definition) is 3. The maximum atomic E-state index is 11.1. The summed E-state index contributed by atoms with van der Waals surface area (Å²) in [5.41, 5.74) is 0. The minimum absolute atomic E-state index is 0.149. The molecule has 4 heteroatoms. The van der Waals surface area contributed by atoms with Gasteiger partial charge in [-0.2, -0.15) is 8.42 Å². The van der Waals surface area contributed by atoms with Gasteiger partial charge in [0.15, 0.2) is 0 Å². The van der Waals surface area contributed by atoms with E-state index in [1.54, 1.807) is 0 Å². The minimum atomic E-state index is -3.24. The summed E-state index contributed by atoms with van der Waals surface area (Å²) in [5.74, 6) is 0.414. The van der Waals surface area contributed by atoms with Crippen molar-refractivity contribution < 1.29 is 12.6 Å². The lowest BCUT2D eigenvalue weighted by Gasteiger charge is -2.06. The second-order valence-electron chi connectivity index (χ2n) is 3.29. The SMILES string of the molecule is CCCCS(=O)(=O)OCC(C)C. The van der Waals surface area contributed by atoms with E-state index in [-0.39, 0.29) is 11.7 Å². The van der Waals surface area contributed by atoms with Crippen molar-refractivity contribution in [3.63, 3.8) is 0 Å². The molecule has 0 aliphatic rings. The lowest BCUT2D eigenvalue weighted by Crippen LogP contribution is -2.13. The van der Waals surface area contributed by atoms with E-state index in [9.17, 15) is 8.42 Å². The van der Waals surface area contributed by atoms with Crippen LogP contribution in [0.5, 0.6) is 0 Å². The summed E-state index contributed by atoms with van der Waals surface area (Å²) in [6.45, 7) is 6.11. The van der Waals surface area contributed by atoms with Crippen molar-refractivity contribution in [3.05, 3.63) is 0 Å². The zero-order valence-electron chi connectivity index (χ0n) is 8.04. The van der Waals surface area contributed by atoms with Gasteiger partial charge in [0.2, 0.25) is 0 Å². The van der Waals surface area contributed by atoms with Crippen LogP contribution in [0.15, 0.2) is 0 Å². The van der Waals surface area contributed by atoms with Crippen LogP contribution in [0.4, 0.5) is 0 Å². The van der Waals surface area contributed by atoms with E-state index < -0.39 is 10.1 Å². The second kappa shape index (κ2) is 5.54. The molecule has 0 spiro atoms. The monoisotopic (exact) mass is 194 g/mol. The highest BCUT2D eigenvalue weighted by molar-refractivity contribution is 7.86. The highest BCUT2D eigenvalue weighted by Gasteiger charge is 2.10. The maximum Gasteiger partial charge on any atom is 0.267 e. The fraction of sp³-hybridized carbons (Fsp3) is 1.00. The van der Waals surface area contributed by atoms with E-state index in [0.717, 1.165) is 6.42 Å². The lowest BCUT2D eigenvalue weighted by molar-refractivity contribution is 0.275. The largest absolute Gasteiger partial charge is 0.270 e. The number of unbranched alkanes of at least 4 members (excludes halogenated alkanes) is 1. The van der Waals surface area contributed by atoms with E-state index in [1.807, 2.05) is 20.8 Å². The Morgan fingerprint density at radius 3 is 2.33 bits per heavy atom. The van der Waals surface area contributed by atoms with Crippen LogP contribution in [0.25, 0.3) is 0 Å². The van der Waals surface area contributed by atoms with Crippen LogP contribution in [0.3, 0.4) is 0 Å². The van der Waals surface area contributed by atoms with Gasteiger partial charge in [0.05, 0.1) is 12.4 Å². The Bertz CT molecular complexity index is 194. The van der Waals surface area contributed by atoms with Gasteiger partial charge < -0.3 is 0 Å². The standard InChI is InChI=1S/C8H18O3S/c1-4-5-6-12(9,10)11-7-8(2)3/h8H,4-7H2,1-3H3. The first-order valence-electron chi connectivity index (χ1n) is 4.35. The lowest BCUT2D eigenvalue weighted by atomic mass is 10.2. The number of hydrogen-bond donors (Lipinski definition) is 0. The Labute approximate surface area is 75.2 Å². The Kier molecular flexibility index (Phi) is 5.50. The molecule has 0 aromatic heterocycles. The molecule has 12 heavy (non-hydrogen) atoms. The van der Waals surface area contributed by atoms with Crippen LogP contribution >= 0.6 is 0 Å². The van der Waals surface area contributed by atoms with Crippen molar-refractivity contribution >= 4 is 10.1 Å². The molecule has 0 radical (unpaired) electrons. The highest BCUT2D eigenvalue weighted by Crippen LogP contribution is 2.02. The molecule has 0 aromatic rings. The fourth-order valence-electron chi connectivity index (χ4n) is 0.620. The third-order valence-electron chi connectivity index (χ3n) is 1.33. The maximum absolute atomic E-state index is 11.1. The summed E-state index contributed by atoms with van der Waals surface area (Å²) in [5, 5.41) is 0. The van der Waals surface area contributed by atoms with Gasteiger partial charge in [-0.25, -0.2) is 0 Å². The Hall–Kier alpha value is -0.0900. The first kappa shape index (κ1) is 11.9. The zero-order valence-corrected chi connectivity index (χ0v) is 8.86. The normalized spacial score (nSPS) is 12.3. The molecule has 74 valence electrons. The fourth-order valence-corrected chi connectivity index (χ4v) is 1.86. The summed E-state index contributed by atoms with van der Waals surface area (Å²) in [7, 11) is -3.24. The van der Waals surface area contributed by atoms with Crippen molar-refractivity contribution in [1.29, 1.82) is 0 Å². The van der Waals surface area contributed by atoms with E-state index in [2.05, 4.69) is 0 Å². The Morgan fingerprint density at radius 1 is 1.33 bits per heavy atom. The van der Waals surface area contributed by atoms with E-state index in [0.29, 0.717) is 13.0 Å². The zero-order chi connectivity index (χ0) is 9.61.